The van der Waals surface area contributed by atoms with Crippen molar-refractivity contribution < 1.29 is 0 Å². The molecular weight excluding hydrogens is 282 g/mol. The molecule has 2 rings (SSSR count). The molecule has 0 aliphatic carbocycles. The minimum absolute atomic E-state index is 0.391. The topological polar surface area (TPSA) is 12.0 Å². The maximum Gasteiger partial charge on any atom is 0.0358 e. The molecular formula is C13H14BrNS. The fourth-order valence-corrected chi connectivity index (χ4v) is 2.67. The molecule has 0 saturated heterocycles. The van der Waals surface area contributed by atoms with Gasteiger partial charge < -0.3 is 5.32 Å². The van der Waals surface area contributed by atoms with Crippen molar-refractivity contribution in [3.63, 3.8) is 0 Å². The summed E-state index contributed by atoms with van der Waals surface area (Å²) >= 11 is 5.21. The van der Waals surface area contributed by atoms with Crippen molar-refractivity contribution in [1.29, 1.82) is 0 Å². The molecule has 0 saturated carbocycles. The van der Waals surface area contributed by atoms with Crippen LogP contribution in [0.2, 0.25) is 0 Å². The highest BCUT2D eigenvalue weighted by Crippen LogP contribution is 2.21. The van der Waals surface area contributed by atoms with Crippen LogP contribution in [-0.4, -0.2) is 7.05 Å². The van der Waals surface area contributed by atoms with Gasteiger partial charge in [-0.15, -0.1) is 0 Å². The predicted octanol–water partition coefficient (Wildman–Crippen LogP) is 4.01. The third-order valence-electron chi connectivity index (χ3n) is 2.64. The van der Waals surface area contributed by atoms with Gasteiger partial charge in [0.25, 0.3) is 0 Å². The first kappa shape index (κ1) is 11.8. The second-order valence-corrected chi connectivity index (χ2v) is 5.42. The van der Waals surface area contributed by atoms with Crippen LogP contribution >= 0.6 is 27.3 Å². The summed E-state index contributed by atoms with van der Waals surface area (Å²) in [6.07, 6.45) is 1.04. The molecule has 0 fully saturated rings. The predicted molar refractivity (Wildman–Crippen MR) is 74.0 cm³/mol. The number of rotatable bonds is 4. The molecule has 0 spiro atoms. The van der Waals surface area contributed by atoms with E-state index in [-0.39, 0.29) is 0 Å². The van der Waals surface area contributed by atoms with Gasteiger partial charge >= 0.3 is 0 Å². The van der Waals surface area contributed by atoms with Crippen molar-refractivity contribution in [1.82, 2.24) is 5.32 Å². The van der Waals surface area contributed by atoms with Gasteiger partial charge in [-0.05, 0) is 53.6 Å². The van der Waals surface area contributed by atoms with E-state index in [0.717, 1.165) is 10.9 Å². The van der Waals surface area contributed by atoms with Crippen molar-refractivity contribution in [3.05, 3.63) is 56.7 Å². The van der Waals surface area contributed by atoms with Crippen LogP contribution in [-0.2, 0) is 6.42 Å². The Hall–Kier alpha value is -0.640. The van der Waals surface area contributed by atoms with Gasteiger partial charge in [-0.2, -0.15) is 11.3 Å². The Morgan fingerprint density at radius 1 is 1.25 bits per heavy atom. The number of nitrogens with one attached hydrogen (secondary N) is 1. The maximum atomic E-state index is 3.46. The Morgan fingerprint density at radius 3 is 2.56 bits per heavy atom. The minimum Gasteiger partial charge on any atom is -0.313 e. The number of thiophene rings is 1. The summed E-state index contributed by atoms with van der Waals surface area (Å²) in [6, 6.07) is 11.1. The minimum atomic E-state index is 0.391. The molecule has 1 atom stereocenters. The monoisotopic (exact) mass is 295 g/mol. The van der Waals surface area contributed by atoms with Crippen LogP contribution in [0.25, 0.3) is 0 Å². The third kappa shape index (κ3) is 2.94. The Balaban J connectivity index is 2.13. The summed E-state index contributed by atoms with van der Waals surface area (Å²) in [7, 11) is 2.01. The van der Waals surface area contributed by atoms with E-state index in [1.165, 1.54) is 11.1 Å². The lowest BCUT2D eigenvalue weighted by atomic mass is 10.0. The van der Waals surface area contributed by atoms with E-state index in [9.17, 15) is 0 Å². The zero-order valence-electron chi connectivity index (χ0n) is 9.11. The molecule has 1 aromatic heterocycles. The first-order chi connectivity index (χ1) is 7.79. The van der Waals surface area contributed by atoms with E-state index in [1.54, 1.807) is 11.3 Å². The Morgan fingerprint density at radius 2 is 2.00 bits per heavy atom. The van der Waals surface area contributed by atoms with Crippen LogP contribution in [0.3, 0.4) is 0 Å². The van der Waals surface area contributed by atoms with Gasteiger partial charge in [0.15, 0.2) is 0 Å². The summed E-state index contributed by atoms with van der Waals surface area (Å²) in [4.78, 5) is 0. The van der Waals surface area contributed by atoms with Crippen LogP contribution in [0.5, 0.6) is 0 Å². The van der Waals surface area contributed by atoms with Crippen molar-refractivity contribution in [2.75, 3.05) is 7.05 Å². The highest BCUT2D eigenvalue weighted by Gasteiger charge is 2.09. The van der Waals surface area contributed by atoms with E-state index in [1.807, 2.05) is 7.05 Å². The van der Waals surface area contributed by atoms with Crippen LogP contribution in [0.15, 0.2) is 45.6 Å². The zero-order chi connectivity index (χ0) is 11.4. The molecule has 1 nitrogen and oxygen atoms in total. The van der Waals surface area contributed by atoms with E-state index in [2.05, 4.69) is 62.3 Å². The summed E-state index contributed by atoms with van der Waals surface area (Å²) in [5.74, 6) is 0. The molecule has 16 heavy (non-hydrogen) atoms. The van der Waals surface area contributed by atoms with Crippen molar-refractivity contribution in [2.24, 2.45) is 0 Å². The van der Waals surface area contributed by atoms with E-state index in [4.69, 9.17) is 0 Å². The first-order valence-electron chi connectivity index (χ1n) is 5.23. The highest BCUT2D eigenvalue weighted by atomic mass is 79.9. The molecule has 0 aliphatic heterocycles. The van der Waals surface area contributed by atoms with Crippen molar-refractivity contribution in [3.8, 4) is 0 Å². The van der Waals surface area contributed by atoms with Gasteiger partial charge in [-0.3, -0.25) is 0 Å². The van der Waals surface area contributed by atoms with E-state index >= 15 is 0 Å². The largest absolute Gasteiger partial charge is 0.313 e. The molecule has 84 valence electrons. The van der Waals surface area contributed by atoms with Crippen LogP contribution < -0.4 is 5.32 Å². The van der Waals surface area contributed by atoms with Gasteiger partial charge in [0, 0.05) is 10.5 Å². The Bertz CT molecular complexity index is 422. The first-order valence-corrected chi connectivity index (χ1v) is 6.97. The molecule has 1 N–H and O–H groups in total. The normalized spacial score (nSPS) is 12.6. The maximum absolute atomic E-state index is 3.46. The number of hydrogen-bond acceptors (Lipinski definition) is 2. The second-order valence-electron chi connectivity index (χ2n) is 3.73. The molecule has 3 heteroatoms. The smallest absolute Gasteiger partial charge is 0.0358 e. The van der Waals surface area contributed by atoms with Crippen molar-refractivity contribution in [2.45, 2.75) is 12.5 Å². The molecule has 0 aliphatic rings. The third-order valence-corrected chi connectivity index (χ3v) is 3.90. The fourth-order valence-electron chi connectivity index (χ4n) is 1.73. The Labute approximate surface area is 109 Å². The van der Waals surface area contributed by atoms with Crippen LogP contribution in [0.4, 0.5) is 0 Å². The summed E-state index contributed by atoms with van der Waals surface area (Å²) in [5, 5.41) is 7.71. The molecule has 0 amide bonds. The highest BCUT2D eigenvalue weighted by molar-refractivity contribution is 9.10. The van der Waals surface area contributed by atoms with Gasteiger partial charge in [-0.1, -0.05) is 28.1 Å². The molecule has 1 aromatic carbocycles. The lowest BCUT2D eigenvalue weighted by Crippen LogP contribution is -2.18. The van der Waals surface area contributed by atoms with E-state index < -0.39 is 0 Å². The Kier molecular flexibility index (Phi) is 4.16. The fraction of sp³-hybridized carbons (Fsp3) is 0.231. The summed E-state index contributed by atoms with van der Waals surface area (Å²) < 4.78 is 1.13. The molecule has 1 unspecified atom stereocenters. The number of benzene rings is 1. The number of likely N-dealkylation sites (N-methyl/N-ethyl adjacent to an activating group) is 1. The van der Waals surface area contributed by atoms with Crippen LogP contribution in [0.1, 0.15) is 17.2 Å². The average molecular weight is 296 g/mol. The lowest BCUT2D eigenvalue weighted by molar-refractivity contribution is 0.593. The average Bonchev–Trinajstić information content (AvgIpc) is 2.80. The molecule has 0 radical (unpaired) electrons. The van der Waals surface area contributed by atoms with Gasteiger partial charge in [-0.25, -0.2) is 0 Å². The van der Waals surface area contributed by atoms with Gasteiger partial charge in [0.1, 0.15) is 0 Å². The summed E-state index contributed by atoms with van der Waals surface area (Å²) in [6.45, 7) is 0. The second kappa shape index (κ2) is 5.62. The molecule has 0 bridgehead atoms. The quantitative estimate of drug-likeness (QED) is 0.898. The van der Waals surface area contributed by atoms with Gasteiger partial charge in [0.05, 0.1) is 0 Å². The molecule has 1 heterocycles. The van der Waals surface area contributed by atoms with Gasteiger partial charge in [0.2, 0.25) is 0 Å². The molecule has 2 aromatic rings. The number of hydrogen-bond donors (Lipinski definition) is 1. The van der Waals surface area contributed by atoms with Crippen LogP contribution in [0, 0.1) is 0 Å². The SMILES string of the molecule is CNC(Cc1ccsc1)c1ccc(Br)cc1. The number of halogens is 1. The van der Waals surface area contributed by atoms with Crippen molar-refractivity contribution >= 4 is 27.3 Å². The lowest BCUT2D eigenvalue weighted by Gasteiger charge is -2.16. The summed E-state index contributed by atoms with van der Waals surface area (Å²) in [5.41, 5.74) is 2.73. The zero-order valence-corrected chi connectivity index (χ0v) is 11.5. The standard InChI is InChI=1S/C13H14BrNS/c1-15-13(8-10-6-7-16-9-10)11-2-4-12(14)5-3-11/h2-7,9,13,15H,8H2,1H3. The van der Waals surface area contributed by atoms with E-state index in [0.29, 0.717) is 6.04 Å².